The number of hydrogen-bond donors (Lipinski definition) is 1. The van der Waals surface area contributed by atoms with Gasteiger partial charge in [0.1, 0.15) is 12.1 Å². The summed E-state index contributed by atoms with van der Waals surface area (Å²) in [5.74, 6) is -0.0707. The zero-order valence-electron chi connectivity index (χ0n) is 20.3. The molecule has 0 atom stereocenters. The van der Waals surface area contributed by atoms with Gasteiger partial charge in [0.05, 0.1) is 16.8 Å². The lowest BCUT2D eigenvalue weighted by molar-refractivity contribution is -0.135. The Morgan fingerprint density at radius 1 is 1.17 bits per heavy atom. The van der Waals surface area contributed by atoms with Gasteiger partial charge in [0.15, 0.2) is 5.13 Å². The van der Waals surface area contributed by atoms with Crippen LogP contribution in [0.3, 0.4) is 0 Å². The molecule has 8 heteroatoms. The largest absolute Gasteiger partial charge is 0.325 e. The SMILES string of the molecule is Cc1cc(C)c2sc(N(Cc3ccccc3)C(=O)CN3C(=O)NC4(CCC(C)CC4)C3=O)nc2c1. The molecule has 1 spiro atoms. The van der Waals surface area contributed by atoms with Crippen LogP contribution in [0.2, 0.25) is 0 Å². The fourth-order valence-corrected chi connectivity index (χ4v) is 6.18. The first-order valence-electron chi connectivity index (χ1n) is 12.1. The Labute approximate surface area is 209 Å². The highest BCUT2D eigenvalue weighted by Gasteiger charge is 2.52. The van der Waals surface area contributed by atoms with Gasteiger partial charge in [-0.2, -0.15) is 0 Å². The average molecular weight is 491 g/mol. The number of imide groups is 1. The van der Waals surface area contributed by atoms with Crippen LogP contribution in [0.25, 0.3) is 10.2 Å². The van der Waals surface area contributed by atoms with E-state index in [2.05, 4.69) is 18.3 Å². The molecule has 3 aromatic rings. The van der Waals surface area contributed by atoms with E-state index in [9.17, 15) is 14.4 Å². The number of carbonyl (C=O) groups excluding carboxylic acids is 3. The van der Waals surface area contributed by atoms with Gasteiger partial charge in [0, 0.05) is 0 Å². The van der Waals surface area contributed by atoms with Crippen molar-refractivity contribution in [1.29, 1.82) is 0 Å². The number of fused-ring (bicyclic) bond motifs is 1. The second kappa shape index (κ2) is 9.07. The van der Waals surface area contributed by atoms with Crippen LogP contribution in [-0.4, -0.2) is 39.8 Å². The van der Waals surface area contributed by atoms with Crippen LogP contribution in [0.5, 0.6) is 0 Å². The molecule has 1 aliphatic heterocycles. The van der Waals surface area contributed by atoms with Crippen molar-refractivity contribution in [3.05, 3.63) is 59.2 Å². The quantitative estimate of drug-likeness (QED) is 0.513. The van der Waals surface area contributed by atoms with Crippen molar-refractivity contribution in [2.45, 2.75) is 58.5 Å². The molecule has 2 fully saturated rings. The maximum Gasteiger partial charge on any atom is 0.325 e. The Balaban J connectivity index is 1.44. The molecule has 1 N–H and O–H groups in total. The Morgan fingerprint density at radius 3 is 2.60 bits per heavy atom. The molecule has 2 aliphatic rings. The van der Waals surface area contributed by atoms with Crippen LogP contribution < -0.4 is 10.2 Å². The monoisotopic (exact) mass is 490 g/mol. The summed E-state index contributed by atoms with van der Waals surface area (Å²) in [6, 6.07) is 13.3. The number of nitrogens with one attached hydrogen (secondary N) is 1. The molecule has 2 aromatic carbocycles. The minimum absolute atomic E-state index is 0.279. The number of benzene rings is 2. The maximum atomic E-state index is 13.7. The lowest BCUT2D eigenvalue weighted by Crippen LogP contribution is -2.50. The van der Waals surface area contributed by atoms with Gasteiger partial charge in [-0.05, 0) is 68.2 Å². The van der Waals surface area contributed by atoms with Gasteiger partial charge in [0.2, 0.25) is 5.91 Å². The highest BCUT2D eigenvalue weighted by Crippen LogP contribution is 2.37. The van der Waals surface area contributed by atoms with E-state index in [-0.39, 0.29) is 18.4 Å². The van der Waals surface area contributed by atoms with Crippen LogP contribution in [0.15, 0.2) is 42.5 Å². The van der Waals surface area contributed by atoms with Crippen LogP contribution >= 0.6 is 11.3 Å². The average Bonchev–Trinajstić information content (AvgIpc) is 3.35. The standard InChI is InChI=1S/C27H30N4O3S/c1-17-9-11-27(12-10-17)24(33)31(25(34)29-27)16-22(32)30(15-20-7-5-4-6-8-20)26-28-21-14-18(2)13-19(3)23(21)35-26/h4-8,13-14,17H,9-12,15-16H2,1-3H3,(H,29,34). The van der Waals surface area contributed by atoms with Crippen molar-refractivity contribution in [3.63, 3.8) is 0 Å². The van der Waals surface area contributed by atoms with Crippen molar-refractivity contribution in [2.75, 3.05) is 11.4 Å². The highest BCUT2D eigenvalue weighted by molar-refractivity contribution is 7.22. The van der Waals surface area contributed by atoms with E-state index in [1.807, 2.05) is 50.2 Å². The first-order chi connectivity index (χ1) is 16.8. The number of thiazole rings is 1. The van der Waals surface area contributed by atoms with Gasteiger partial charge in [-0.15, -0.1) is 0 Å². The first-order valence-corrected chi connectivity index (χ1v) is 12.9. The second-order valence-electron chi connectivity index (χ2n) is 9.98. The molecule has 5 rings (SSSR count). The topological polar surface area (TPSA) is 82.6 Å². The molecule has 1 aliphatic carbocycles. The smallest absolute Gasteiger partial charge is 0.323 e. The van der Waals surface area contributed by atoms with Gasteiger partial charge in [-0.3, -0.25) is 19.4 Å². The lowest BCUT2D eigenvalue weighted by atomic mass is 9.77. The summed E-state index contributed by atoms with van der Waals surface area (Å²) in [5.41, 5.74) is 3.15. The Kier molecular flexibility index (Phi) is 6.09. The van der Waals surface area contributed by atoms with Crippen LogP contribution in [-0.2, 0) is 16.1 Å². The van der Waals surface area contributed by atoms with Gasteiger partial charge in [-0.25, -0.2) is 9.78 Å². The van der Waals surface area contributed by atoms with E-state index in [1.165, 1.54) is 11.3 Å². The summed E-state index contributed by atoms with van der Waals surface area (Å²) < 4.78 is 1.03. The molecule has 1 aromatic heterocycles. The van der Waals surface area contributed by atoms with Crippen molar-refractivity contribution in [1.82, 2.24) is 15.2 Å². The highest BCUT2D eigenvalue weighted by atomic mass is 32.1. The summed E-state index contributed by atoms with van der Waals surface area (Å²) in [6.07, 6.45) is 3.01. The van der Waals surface area contributed by atoms with E-state index in [0.717, 1.165) is 44.6 Å². The summed E-state index contributed by atoms with van der Waals surface area (Å²) >= 11 is 1.46. The second-order valence-corrected chi connectivity index (χ2v) is 11.0. The molecule has 7 nitrogen and oxygen atoms in total. The molecule has 0 bridgehead atoms. The molecule has 0 radical (unpaired) electrons. The number of rotatable bonds is 5. The molecule has 182 valence electrons. The van der Waals surface area contributed by atoms with Crippen LogP contribution in [0, 0.1) is 19.8 Å². The molecule has 2 heterocycles. The van der Waals surface area contributed by atoms with Gasteiger partial charge >= 0.3 is 6.03 Å². The van der Waals surface area contributed by atoms with Crippen molar-refractivity contribution >= 4 is 44.5 Å². The summed E-state index contributed by atoms with van der Waals surface area (Å²) in [4.78, 5) is 47.3. The molecular formula is C27H30N4O3S. The number of hydrogen-bond acceptors (Lipinski definition) is 5. The van der Waals surface area contributed by atoms with E-state index in [0.29, 0.717) is 30.4 Å². The van der Waals surface area contributed by atoms with Crippen molar-refractivity contribution in [3.8, 4) is 0 Å². The summed E-state index contributed by atoms with van der Waals surface area (Å²) in [7, 11) is 0. The van der Waals surface area contributed by atoms with Crippen molar-refractivity contribution < 1.29 is 14.4 Å². The predicted octanol–water partition coefficient (Wildman–Crippen LogP) is 4.95. The first kappa shape index (κ1) is 23.5. The molecule has 1 saturated heterocycles. The number of amides is 4. The number of urea groups is 1. The Morgan fingerprint density at radius 2 is 1.89 bits per heavy atom. The zero-order valence-corrected chi connectivity index (χ0v) is 21.2. The van der Waals surface area contributed by atoms with Gasteiger partial charge in [0.25, 0.3) is 5.91 Å². The van der Waals surface area contributed by atoms with Crippen LogP contribution in [0.1, 0.15) is 49.3 Å². The predicted molar refractivity (Wildman–Crippen MR) is 137 cm³/mol. The molecule has 1 saturated carbocycles. The van der Waals surface area contributed by atoms with Crippen LogP contribution in [0.4, 0.5) is 9.93 Å². The summed E-state index contributed by atoms with van der Waals surface area (Å²) in [6.45, 7) is 6.24. The Bertz CT molecular complexity index is 1290. The number of aryl methyl sites for hydroxylation is 2. The van der Waals surface area contributed by atoms with E-state index < -0.39 is 11.6 Å². The van der Waals surface area contributed by atoms with Gasteiger partial charge in [-0.1, -0.05) is 54.7 Å². The van der Waals surface area contributed by atoms with E-state index in [1.54, 1.807) is 4.90 Å². The minimum Gasteiger partial charge on any atom is -0.323 e. The number of carbonyl (C=O) groups is 3. The number of nitrogens with zero attached hydrogens (tertiary/aromatic N) is 3. The number of anilines is 1. The fourth-order valence-electron chi connectivity index (χ4n) is 5.14. The molecule has 0 unspecified atom stereocenters. The summed E-state index contributed by atoms with van der Waals surface area (Å²) in [5, 5.41) is 3.48. The fraction of sp³-hybridized carbons (Fsp3) is 0.407. The van der Waals surface area contributed by atoms with E-state index in [4.69, 9.17) is 4.98 Å². The van der Waals surface area contributed by atoms with Crippen molar-refractivity contribution in [2.24, 2.45) is 5.92 Å². The third-order valence-corrected chi connectivity index (χ3v) is 8.42. The van der Waals surface area contributed by atoms with E-state index >= 15 is 0 Å². The lowest BCUT2D eigenvalue weighted by Gasteiger charge is -2.33. The maximum absolute atomic E-state index is 13.7. The minimum atomic E-state index is -0.862. The molecule has 4 amide bonds. The number of aromatic nitrogens is 1. The molecule has 35 heavy (non-hydrogen) atoms. The third kappa shape index (κ3) is 4.43. The normalized spacial score (nSPS) is 22.1. The molecular weight excluding hydrogens is 460 g/mol. The third-order valence-electron chi connectivity index (χ3n) is 7.19. The Hall–Kier alpha value is -3.26. The zero-order chi connectivity index (χ0) is 24.7. The van der Waals surface area contributed by atoms with Gasteiger partial charge < -0.3 is 5.32 Å².